The first-order valence-corrected chi connectivity index (χ1v) is 7.72. The van der Waals surface area contributed by atoms with E-state index in [2.05, 4.69) is 64.2 Å². The fourth-order valence-corrected chi connectivity index (χ4v) is 2.87. The van der Waals surface area contributed by atoms with E-state index in [1.165, 1.54) is 30.5 Å². The van der Waals surface area contributed by atoms with Crippen molar-refractivity contribution in [3.05, 3.63) is 35.4 Å². The molecule has 1 aliphatic rings. The van der Waals surface area contributed by atoms with E-state index in [0.29, 0.717) is 6.04 Å². The Labute approximate surface area is 118 Å². The molecule has 1 aliphatic carbocycles. The van der Waals surface area contributed by atoms with Crippen LogP contribution in [0, 0.1) is 5.92 Å². The van der Waals surface area contributed by atoms with Gasteiger partial charge in [-0.15, -0.1) is 0 Å². The zero-order valence-corrected chi connectivity index (χ0v) is 13.2. The number of benzene rings is 1. The van der Waals surface area contributed by atoms with Gasteiger partial charge in [-0.05, 0) is 47.8 Å². The molecule has 1 saturated carbocycles. The molecule has 0 bridgehead atoms. The first kappa shape index (κ1) is 14.6. The molecule has 0 aromatic heterocycles. The highest BCUT2D eigenvalue weighted by Crippen LogP contribution is 2.42. The van der Waals surface area contributed by atoms with Gasteiger partial charge in [0, 0.05) is 6.04 Å². The highest BCUT2D eigenvalue weighted by Gasteiger charge is 2.31. The maximum absolute atomic E-state index is 3.58. The van der Waals surface area contributed by atoms with Gasteiger partial charge in [0.05, 0.1) is 0 Å². The number of rotatable bonds is 4. The average molecular weight is 259 g/mol. The molecule has 106 valence electrons. The van der Waals surface area contributed by atoms with Gasteiger partial charge in [0.25, 0.3) is 0 Å². The van der Waals surface area contributed by atoms with E-state index >= 15 is 0 Å². The van der Waals surface area contributed by atoms with E-state index in [9.17, 15) is 0 Å². The van der Waals surface area contributed by atoms with Crippen LogP contribution in [0.3, 0.4) is 0 Å². The summed E-state index contributed by atoms with van der Waals surface area (Å²) in [6.07, 6.45) is 2.74. The first-order chi connectivity index (χ1) is 8.88. The fourth-order valence-electron chi connectivity index (χ4n) is 2.87. The third-order valence-electron chi connectivity index (χ3n) is 4.41. The molecule has 0 saturated heterocycles. The maximum atomic E-state index is 3.58. The molecule has 1 heteroatoms. The number of hydrogen-bond donors (Lipinski definition) is 1. The van der Waals surface area contributed by atoms with Crippen LogP contribution in [0.25, 0.3) is 0 Å². The average Bonchev–Trinajstić information content (AvgIpc) is 2.26. The maximum Gasteiger partial charge on any atom is 0.00104 e. The van der Waals surface area contributed by atoms with Gasteiger partial charge in [-0.1, -0.05) is 58.9 Å². The zero-order chi connectivity index (χ0) is 14.0. The van der Waals surface area contributed by atoms with Gasteiger partial charge >= 0.3 is 0 Å². The monoisotopic (exact) mass is 259 g/mol. The predicted molar refractivity (Wildman–Crippen MR) is 83.7 cm³/mol. The molecular formula is C18H29N. The summed E-state index contributed by atoms with van der Waals surface area (Å²) in [6.45, 7) is 12.5. The Morgan fingerprint density at radius 2 is 1.74 bits per heavy atom. The summed E-state index contributed by atoms with van der Waals surface area (Å²) in [5.74, 6) is 1.61. The summed E-state index contributed by atoms with van der Waals surface area (Å²) in [4.78, 5) is 0. The Kier molecular flexibility index (Phi) is 4.35. The van der Waals surface area contributed by atoms with Gasteiger partial charge in [0.15, 0.2) is 0 Å². The summed E-state index contributed by atoms with van der Waals surface area (Å²) in [5, 5.41) is 3.58. The van der Waals surface area contributed by atoms with Crippen LogP contribution >= 0.6 is 0 Å². The van der Waals surface area contributed by atoms with Crippen molar-refractivity contribution in [2.24, 2.45) is 5.92 Å². The van der Waals surface area contributed by atoms with Crippen LogP contribution in [0.5, 0.6) is 0 Å². The molecule has 2 atom stereocenters. The molecule has 1 fully saturated rings. The summed E-state index contributed by atoms with van der Waals surface area (Å²) in [7, 11) is 0. The van der Waals surface area contributed by atoms with Gasteiger partial charge in [0.2, 0.25) is 0 Å². The highest BCUT2D eigenvalue weighted by molar-refractivity contribution is 5.31. The zero-order valence-electron chi connectivity index (χ0n) is 13.2. The summed E-state index contributed by atoms with van der Waals surface area (Å²) < 4.78 is 0. The largest absolute Gasteiger partial charge is 0.314 e. The van der Waals surface area contributed by atoms with Crippen LogP contribution in [-0.2, 0) is 5.41 Å². The topological polar surface area (TPSA) is 12.0 Å². The van der Waals surface area contributed by atoms with Crippen LogP contribution in [0.15, 0.2) is 24.3 Å². The smallest absolute Gasteiger partial charge is 0.00104 e. The molecule has 0 radical (unpaired) electrons. The van der Waals surface area contributed by atoms with E-state index in [1.807, 2.05) is 0 Å². The molecule has 1 nitrogen and oxygen atoms in total. The summed E-state index contributed by atoms with van der Waals surface area (Å²) in [6, 6.07) is 9.95. The quantitative estimate of drug-likeness (QED) is 0.841. The normalized spacial score (nSPS) is 23.5. The van der Waals surface area contributed by atoms with Crippen molar-refractivity contribution in [1.29, 1.82) is 0 Å². The van der Waals surface area contributed by atoms with E-state index in [4.69, 9.17) is 0 Å². The lowest BCUT2D eigenvalue weighted by molar-refractivity contribution is 0.240. The standard InChI is InChI=1S/C18H29N/c1-13(2)19-12-15-8-11-17(15)14-6-9-16(10-7-14)18(3,4)5/h6-7,9-10,13,15,17,19H,8,11-12H2,1-5H3. The second kappa shape index (κ2) is 5.66. The summed E-state index contributed by atoms with van der Waals surface area (Å²) >= 11 is 0. The van der Waals surface area contributed by atoms with Crippen molar-refractivity contribution in [1.82, 2.24) is 5.32 Å². The molecular weight excluding hydrogens is 230 g/mol. The molecule has 2 unspecified atom stereocenters. The van der Waals surface area contributed by atoms with Gasteiger partial charge < -0.3 is 5.32 Å². The Morgan fingerprint density at radius 1 is 1.11 bits per heavy atom. The lowest BCUT2D eigenvalue weighted by Crippen LogP contribution is -2.36. The first-order valence-electron chi connectivity index (χ1n) is 7.72. The highest BCUT2D eigenvalue weighted by atomic mass is 14.9. The van der Waals surface area contributed by atoms with Crippen LogP contribution in [0.1, 0.15) is 64.5 Å². The van der Waals surface area contributed by atoms with E-state index in [-0.39, 0.29) is 5.41 Å². The van der Waals surface area contributed by atoms with Crippen LogP contribution in [0.4, 0.5) is 0 Å². The molecule has 0 amide bonds. The van der Waals surface area contributed by atoms with Gasteiger partial charge in [-0.3, -0.25) is 0 Å². The SMILES string of the molecule is CC(C)NCC1CCC1c1ccc(C(C)(C)C)cc1. The van der Waals surface area contributed by atoms with E-state index in [1.54, 1.807) is 0 Å². The Morgan fingerprint density at radius 3 is 2.16 bits per heavy atom. The second-order valence-corrected chi connectivity index (χ2v) is 7.38. The molecule has 0 aliphatic heterocycles. The van der Waals surface area contributed by atoms with Crippen molar-refractivity contribution in [2.45, 2.75) is 64.8 Å². The molecule has 0 heterocycles. The van der Waals surface area contributed by atoms with E-state index < -0.39 is 0 Å². The van der Waals surface area contributed by atoms with Gasteiger partial charge in [0.1, 0.15) is 0 Å². The lowest BCUT2D eigenvalue weighted by Gasteiger charge is -2.38. The van der Waals surface area contributed by atoms with Crippen molar-refractivity contribution < 1.29 is 0 Å². The Balaban J connectivity index is 1.99. The molecule has 1 N–H and O–H groups in total. The van der Waals surface area contributed by atoms with Crippen LogP contribution < -0.4 is 5.32 Å². The van der Waals surface area contributed by atoms with Gasteiger partial charge in [-0.25, -0.2) is 0 Å². The third kappa shape index (κ3) is 3.60. The Bertz CT molecular complexity index is 397. The third-order valence-corrected chi connectivity index (χ3v) is 4.41. The molecule has 2 rings (SSSR count). The number of hydrogen-bond acceptors (Lipinski definition) is 1. The van der Waals surface area contributed by atoms with E-state index in [0.717, 1.165) is 11.8 Å². The second-order valence-electron chi connectivity index (χ2n) is 7.38. The molecule has 1 aromatic rings. The fraction of sp³-hybridized carbons (Fsp3) is 0.667. The van der Waals surface area contributed by atoms with Gasteiger partial charge in [-0.2, -0.15) is 0 Å². The Hall–Kier alpha value is -0.820. The van der Waals surface area contributed by atoms with Crippen molar-refractivity contribution in [3.8, 4) is 0 Å². The minimum absolute atomic E-state index is 0.261. The molecule has 1 aromatic carbocycles. The number of nitrogens with one attached hydrogen (secondary N) is 1. The van der Waals surface area contributed by atoms with Crippen molar-refractivity contribution in [2.75, 3.05) is 6.54 Å². The lowest BCUT2D eigenvalue weighted by atomic mass is 9.69. The van der Waals surface area contributed by atoms with Crippen molar-refractivity contribution >= 4 is 0 Å². The predicted octanol–water partition coefficient (Wildman–Crippen LogP) is 4.48. The minimum Gasteiger partial charge on any atom is -0.314 e. The molecule has 0 spiro atoms. The molecule has 19 heavy (non-hydrogen) atoms. The minimum atomic E-state index is 0.261. The van der Waals surface area contributed by atoms with Crippen LogP contribution in [-0.4, -0.2) is 12.6 Å². The van der Waals surface area contributed by atoms with Crippen LogP contribution in [0.2, 0.25) is 0 Å². The summed E-state index contributed by atoms with van der Waals surface area (Å²) in [5.41, 5.74) is 3.23. The van der Waals surface area contributed by atoms with Crippen molar-refractivity contribution in [3.63, 3.8) is 0 Å².